The van der Waals surface area contributed by atoms with E-state index >= 15 is 0 Å². The predicted octanol–water partition coefficient (Wildman–Crippen LogP) is 4.98. The van der Waals surface area contributed by atoms with E-state index in [-0.39, 0.29) is 23.2 Å². The number of benzene rings is 1. The third kappa shape index (κ3) is 4.75. The summed E-state index contributed by atoms with van der Waals surface area (Å²) in [6.07, 6.45) is 5.84. The van der Waals surface area contributed by atoms with E-state index in [2.05, 4.69) is 5.32 Å². The molecule has 1 aliphatic heterocycles. The summed E-state index contributed by atoms with van der Waals surface area (Å²) in [4.78, 5) is 28.0. The molecule has 2 unspecified atom stereocenters. The van der Waals surface area contributed by atoms with E-state index in [1.165, 1.54) is 19.3 Å². The largest absolute Gasteiger partial charge is 0.352 e. The Balaban J connectivity index is 1.91. The number of thioether (sulfide) groups is 1. The Morgan fingerprint density at radius 3 is 2.52 bits per heavy atom. The van der Waals surface area contributed by atoms with Gasteiger partial charge >= 0.3 is 0 Å². The molecule has 1 saturated heterocycles. The molecule has 2 fully saturated rings. The van der Waals surface area contributed by atoms with Crippen LogP contribution in [0.2, 0.25) is 10.0 Å². The molecule has 2 aliphatic rings. The third-order valence-corrected chi connectivity index (χ3v) is 7.23. The van der Waals surface area contributed by atoms with E-state index in [4.69, 9.17) is 23.2 Å². The van der Waals surface area contributed by atoms with Crippen molar-refractivity contribution in [2.75, 3.05) is 5.75 Å². The van der Waals surface area contributed by atoms with E-state index in [0.29, 0.717) is 27.3 Å². The quantitative estimate of drug-likeness (QED) is 0.734. The van der Waals surface area contributed by atoms with Crippen LogP contribution in [0.4, 0.5) is 0 Å². The van der Waals surface area contributed by atoms with Gasteiger partial charge in [-0.05, 0) is 50.8 Å². The van der Waals surface area contributed by atoms with Gasteiger partial charge in [0, 0.05) is 16.8 Å². The summed E-state index contributed by atoms with van der Waals surface area (Å²) in [7, 11) is 0. The number of carbonyl (C=O) groups excluding carboxylic acids is 2. The fourth-order valence-electron chi connectivity index (χ4n) is 3.95. The summed E-state index contributed by atoms with van der Waals surface area (Å²) >= 11 is 14.0. The van der Waals surface area contributed by atoms with Crippen LogP contribution in [0, 0.1) is 5.92 Å². The maximum atomic E-state index is 13.4. The number of nitrogens with zero attached hydrogens (tertiary/aromatic N) is 1. The smallest absolute Gasteiger partial charge is 0.256 e. The van der Waals surface area contributed by atoms with Crippen molar-refractivity contribution >= 4 is 46.8 Å². The Morgan fingerprint density at radius 2 is 1.89 bits per heavy atom. The van der Waals surface area contributed by atoms with Crippen LogP contribution < -0.4 is 5.32 Å². The zero-order chi connectivity index (χ0) is 19.6. The summed E-state index contributed by atoms with van der Waals surface area (Å²) in [5, 5.41) is 3.81. The Kier molecular flexibility index (Phi) is 6.98. The minimum Gasteiger partial charge on any atom is -0.352 e. The summed E-state index contributed by atoms with van der Waals surface area (Å²) < 4.78 is 0. The highest BCUT2D eigenvalue weighted by atomic mass is 35.5. The molecule has 1 aromatic rings. The Morgan fingerprint density at radius 1 is 1.19 bits per heavy atom. The first-order chi connectivity index (χ1) is 12.9. The van der Waals surface area contributed by atoms with E-state index in [1.54, 1.807) is 34.9 Å². The second kappa shape index (κ2) is 9.06. The van der Waals surface area contributed by atoms with Gasteiger partial charge in [-0.15, -0.1) is 11.8 Å². The SMILES string of the molecule is CC(C)NC(=O)C1CSC(C2CCCCC2)N1C(=O)c1ccc(Cl)cc1Cl. The highest BCUT2D eigenvalue weighted by Crippen LogP contribution is 2.41. The fraction of sp³-hybridized carbons (Fsp3) is 0.600. The zero-order valence-corrected chi connectivity index (χ0v) is 18.0. The summed E-state index contributed by atoms with van der Waals surface area (Å²) in [6, 6.07) is 4.47. The number of hydrogen-bond acceptors (Lipinski definition) is 3. The van der Waals surface area contributed by atoms with Crippen molar-refractivity contribution in [3.63, 3.8) is 0 Å². The molecule has 0 aromatic heterocycles. The summed E-state index contributed by atoms with van der Waals surface area (Å²) in [6.45, 7) is 3.86. The topological polar surface area (TPSA) is 49.4 Å². The van der Waals surface area contributed by atoms with Crippen molar-refractivity contribution < 1.29 is 9.59 Å². The number of hydrogen-bond donors (Lipinski definition) is 1. The van der Waals surface area contributed by atoms with Gasteiger partial charge < -0.3 is 10.2 Å². The number of nitrogens with one attached hydrogen (secondary N) is 1. The minimum absolute atomic E-state index is 0.0208. The van der Waals surface area contributed by atoms with Crippen LogP contribution in [0.3, 0.4) is 0 Å². The molecule has 2 amide bonds. The van der Waals surface area contributed by atoms with Crippen molar-refractivity contribution in [3.05, 3.63) is 33.8 Å². The minimum atomic E-state index is -0.469. The summed E-state index contributed by atoms with van der Waals surface area (Å²) in [5.41, 5.74) is 0.409. The Labute approximate surface area is 175 Å². The highest BCUT2D eigenvalue weighted by molar-refractivity contribution is 8.00. The second-order valence-corrected chi connectivity index (χ2v) is 9.63. The molecule has 0 spiro atoms. The van der Waals surface area contributed by atoms with Crippen LogP contribution in [0.1, 0.15) is 56.3 Å². The van der Waals surface area contributed by atoms with Crippen LogP contribution in [0.25, 0.3) is 0 Å². The lowest BCUT2D eigenvalue weighted by Gasteiger charge is -2.35. The van der Waals surface area contributed by atoms with E-state index < -0.39 is 6.04 Å². The standard InChI is InChI=1S/C20H26Cl2N2O2S/c1-12(2)23-18(25)17-11-27-20(13-6-4-3-5-7-13)24(17)19(26)15-9-8-14(21)10-16(15)22/h8-10,12-13,17,20H,3-7,11H2,1-2H3,(H,23,25). The molecule has 0 bridgehead atoms. The number of carbonyl (C=O) groups is 2. The van der Waals surface area contributed by atoms with Crippen LogP contribution in [0.5, 0.6) is 0 Å². The van der Waals surface area contributed by atoms with Crippen LogP contribution in [-0.2, 0) is 4.79 Å². The second-order valence-electron chi connectivity index (χ2n) is 7.64. The van der Waals surface area contributed by atoms with Crippen LogP contribution in [-0.4, -0.2) is 39.9 Å². The number of amides is 2. The van der Waals surface area contributed by atoms with Gasteiger partial charge in [-0.1, -0.05) is 42.5 Å². The highest BCUT2D eigenvalue weighted by Gasteiger charge is 2.45. The van der Waals surface area contributed by atoms with E-state index in [9.17, 15) is 9.59 Å². The maximum absolute atomic E-state index is 13.4. The molecule has 7 heteroatoms. The third-order valence-electron chi connectivity index (χ3n) is 5.22. The van der Waals surface area contributed by atoms with Crippen molar-refractivity contribution in [3.8, 4) is 0 Å². The molecule has 1 N–H and O–H groups in total. The van der Waals surface area contributed by atoms with E-state index in [0.717, 1.165) is 12.8 Å². The molecule has 4 nitrogen and oxygen atoms in total. The van der Waals surface area contributed by atoms with Crippen molar-refractivity contribution in [1.29, 1.82) is 0 Å². The lowest BCUT2D eigenvalue weighted by atomic mass is 9.88. The predicted molar refractivity (Wildman–Crippen MR) is 113 cm³/mol. The van der Waals surface area contributed by atoms with Gasteiger partial charge in [0.15, 0.2) is 0 Å². The van der Waals surface area contributed by atoms with Gasteiger partial charge in [0.05, 0.1) is 16.0 Å². The molecule has 0 radical (unpaired) electrons. The molecule has 1 aromatic carbocycles. The first kappa shape index (κ1) is 20.8. The van der Waals surface area contributed by atoms with Gasteiger partial charge in [-0.2, -0.15) is 0 Å². The fourth-order valence-corrected chi connectivity index (χ4v) is 6.08. The lowest BCUT2D eigenvalue weighted by molar-refractivity contribution is -0.125. The van der Waals surface area contributed by atoms with Crippen molar-refractivity contribution in [2.45, 2.75) is 63.4 Å². The average Bonchev–Trinajstić information content (AvgIpc) is 3.06. The normalized spacial score (nSPS) is 23.7. The first-order valence-corrected chi connectivity index (χ1v) is 11.4. The van der Waals surface area contributed by atoms with Crippen molar-refractivity contribution in [1.82, 2.24) is 10.2 Å². The van der Waals surface area contributed by atoms with E-state index in [1.807, 2.05) is 13.8 Å². The Bertz CT molecular complexity index is 707. The number of rotatable bonds is 4. The average molecular weight is 429 g/mol. The van der Waals surface area contributed by atoms with Crippen LogP contribution >= 0.6 is 35.0 Å². The van der Waals surface area contributed by atoms with Gasteiger partial charge in [-0.3, -0.25) is 9.59 Å². The van der Waals surface area contributed by atoms with Crippen LogP contribution in [0.15, 0.2) is 18.2 Å². The number of halogens is 2. The molecule has 1 saturated carbocycles. The van der Waals surface area contributed by atoms with Gasteiger partial charge in [0.2, 0.25) is 5.91 Å². The molecular formula is C20H26Cl2N2O2S. The lowest BCUT2D eigenvalue weighted by Crippen LogP contribution is -2.52. The first-order valence-electron chi connectivity index (χ1n) is 9.58. The van der Waals surface area contributed by atoms with Gasteiger partial charge in [0.25, 0.3) is 5.91 Å². The molecule has 1 aliphatic carbocycles. The molecular weight excluding hydrogens is 403 g/mol. The maximum Gasteiger partial charge on any atom is 0.256 e. The van der Waals surface area contributed by atoms with Gasteiger partial charge in [0.1, 0.15) is 6.04 Å². The van der Waals surface area contributed by atoms with Gasteiger partial charge in [-0.25, -0.2) is 0 Å². The molecule has 148 valence electrons. The Hall–Kier alpha value is -0.910. The molecule has 3 rings (SSSR count). The molecule has 2 atom stereocenters. The summed E-state index contributed by atoms with van der Waals surface area (Å²) in [5.74, 6) is 0.780. The van der Waals surface area contributed by atoms with Crippen molar-refractivity contribution in [2.24, 2.45) is 5.92 Å². The molecule has 27 heavy (non-hydrogen) atoms. The monoisotopic (exact) mass is 428 g/mol. The molecule has 1 heterocycles. The zero-order valence-electron chi connectivity index (χ0n) is 15.7.